The van der Waals surface area contributed by atoms with E-state index >= 15 is 0 Å². The van der Waals surface area contributed by atoms with Gasteiger partial charge in [-0.3, -0.25) is 9.69 Å². The van der Waals surface area contributed by atoms with Gasteiger partial charge in [-0.05, 0) is 49.0 Å². The van der Waals surface area contributed by atoms with Gasteiger partial charge in [0.15, 0.2) is 0 Å². The van der Waals surface area contributed by atoms with Crippen LogP contribution in [0.1, 0.15) is 15.9 Å². The molecule has 144 valence electrons. The van der Waals surface area contributed by atoms with Gasteiger partial charge in [0.25, 0.3) is 0 Å². The number of hydrogen-bond acceptors (Lipinski definition) is 5. The first kappa shape index (κ1) is 20.9. The molecule has 0 saturated carbocycles. The van der Waals surface area contributed by atoms with Crippen LogP contribution in [0.2, 0.25) is 0 Å². The molecule has 6 nitrogen and oxygen atoms in total. The molecule has 7 heteroatoms. The largest absolute Gasteiger partial charge is 0.492 e. The standard InChI is InChI=1S/C20H23BrN2O4/c1-23(11-12-27-18-9-7-17(21)8-10-18)14-19(24)22-13-15-3-5-16(6-4-15)20(25)26-2/h3-10H,11-14H2,1-2H3,(H,22,24). The number of nitrogens with one attached hydrogen (secondary N) is 1. The quantitative estimate of drug-likeness (QED) is 0.614. The lowest BCUT2D eigenvalue weighted by molar-refractivity contribution is -0.122. The third-order valence-electron chi connectivity index (χ3n) is 3.83. The second-order valence-electron chi connectivity index (χ2n) is 6.01. The molecule has 0 aliphatic rings. The molecule has 0 saturated heterocycles. The Bertz CT molecular complexity index is 748. The predicted octanol–water partition coefficient (Wildman–Crippen LogP) is 2.86. The van der Waals surface area contributed by atoms with Crippen LogP contribution in [-0.4, -0.2) is 50.6 Å². The number of benzene rings is 2. The fraction of sp³-hybridized carbons (Fsp3) is 0.300. The molecule has 0 spiro atoms. The van der Waals surface area contributed by atoms with Crippen molar-refractivity contribution in [2.24, 2.45) is 0 Å². The zero-order valence-electron chi connectivity index (χ0n) is 15.4. The van der Waals surface area contributed by atoms with Crippen molar-refractivity contribution in [2.45, 2.75) is 6.54 Å². The molecule has 1 N–H and O–H groups in total. The Morgan fingerprint density at radius 1 is 1.07 bits per heavy atom. The minimum absolute atomic E-state index is 0.0711. The Labute approximate surface area is 167 Å². The maximum Gasteiger partial charge on any atom is 0.337 e. The van der Waals surface area contributed by atoms with Crippen LogP contribution in [0.15, 0.2) is 53.0 Å². The van der Waals surface area contributed by atoms with Crippen LogP contribution in [0.4, 0.5) is 0 Å². The molecule has 2 rings (SSSR count). The molecule has 27 heavy (non-hydrogen) atoms. The van der Waals surface area contributed by atoms with Crippen LogP contribution in [-0.2, 0) is 16.1 Å². The average molecular weight is 435 g/mol. The van der Waals surface area contributed by atoms with Crippen LogP contribution < -0.4 is 10.1 Å². The number of hydrogen-bond donors (Lipinski definition) is 1. The van der Waals surface area contributed by atoms with E-state index in [0.29, 0.717) is 25.3 Å². The molecule has 0 bridgehead atoms. The number of carbonyl (C=O) groups excluding carboxylic acids is 2. The highest BCUT2D eigenvalue weighted by atomic mass is 79.9. The first-order valence-corrected chi connectivity index (χ1v) is 9.28. The van der Waals surface area contributed by atoms with Gasteiger partial charge in [-0.1, -0.05) is 28.1 Å². The molecule has 0 aromatic heterocycles. The van der Waals surface area contributed by atoms with E-state index in [1.165, 1.54) is 7.11 Å². The van der Waals surface area contributed by atoms with Gasteiger partial charge < -0.3 is 14.8 Å². The third kappa shape index (κ3) is 7.40. The number of amides is 1. The lowest BCUT2D eigenvalue weighted by Crippen LogP contribution is -2.36. The van der Waals surface area contributed by atoms with Crippen LogP contribution in [0.5, 0.6) is 5.75 Å². The van der Waals surface area contributed by atoms with Crippen molar-refractivity contribution in [3.8, 4) is 5.75 Å². The Kier molecular flexibility index (Phi) is 8.29. The molecule has 0 heterocycles. The maximum atomic E-state index is 12.0. The molecule has 0 aliphatic heterocycles. The molecule has 0 radical (unpaired) electrons. The lowest BCUT2D eigenvalue weighted by Gasteiger charge is -2.16. The summed E-state index contributed by atoms with van der Waals surface area (Å²) >= 11 is 3.38. The summed E-state index contributed by atoms with van der Waals surface area (Å²) in [6.45, 7) is 1.82. The number of carbonyl (C=O) groups is 2. The number of rotatable bonds is 9. The van der Waals surface area contributed by atoms with Crippen molar-refractivity contribution < 1.29 is 19.1 Å². The highest BCUT2D eigenvalue weighted by molar-refractivity contribution is 9.10. The summed E-state index contributed by atoms with van der Waals surface area (Å²) in [5.41, 5.74) is 1.40. The Hall–Kier alpha value is -2.38. The van der Waals surface area contributed by atoms with Crippen molar-refractivity contribution in [3.05, 3.63) is 64.1 Å². The van der Waals surface area contributed by atoms with E-state index in [0.717, 1.165) is 15.8 Å². The monoisotopic (exact) mass is 434 g/mol. The van der Waals surface area contributed by atoms with Gasteiger partial charge in [0.1, 0.15) is 12.4 Å². The van der Waals surface area contributed by atoms with E-state index in [1.807, 2.05) is 36.2 Å². The van der Waals surface area contributed by atoms with E-state index in [1.54, 1.807) is 24.3 Å². The molecular weight excluding hydrogens is 412 g/mol. The van der Waals surface area contributed by atoms with Gasteiger partial charge >= 0.3 is 5.97 Å². The second-order valence-corrected chi connectivity index (χ2v) is 6.92. The lowest BCUT2D eigenvalue weighted by atomic mass is 10.1. The van der Waals surface area contributed by atoms with Gasteiger partial charge in [-0.25, -0.2) is 4.79 Å². The molecule has 2 aromatic carbocycles. The Morgan fingerprint density at radius 3 is 2.37 bits per heavy atom. The number of likely N-dealkylation sites (N-methyl/N-ethyl adjacent to an activating group) is 1. The highest BCUT2D eigenvalue weighted by Crippen LogP contribution is 2.15. The van der Waals surface area contributed by atoms with Crippen molar-refractivity contribution in [2.75, 3.05) is 33.9 Å². The Morgan fingerprint density at radius 2 is 1.74 bits per heavy atom. The minimum Gasteiger partial charge on any atom is -0.492 e. The van der Waals surface area contributed by atoms with E-state index in [9.17, 15) is 9.59 Å². The van der Waals surface area contributed by atoms with Crippen molar-refractivity contribution in [1.82, 2.24) is 10.2 Å². The molecule has 1 amide bonds. The van der Waals surface area contributed by atoms with Crippen molar-refractivity contribution in [1.29, 1.82) is 0 Å². The van der Waals surface area contributed by atoms with E-state index < -0.39 is 0 Å². The molecule has 0 atom stereocenters. The van der Waals surface area contributed by atoms with Crippen LogP contribution >= 0.6 is 15.9 Å². The summed E-state index contributed by atoms with van der Waals surface area (Å²) in [4.78, 5) is 25.3. The first-order chi connectivity index (χ1) is 13.0. The summed E-state index contributed by atoms with van der Waals surface area (Å²) in [6.07, 6.45) is 0. The average Bonchev–Trinajstić information content (AvgIpc) is 2.67. The SMILES string of the molecule is COC(=O)c1ccc(CNC(=O)CN(C)CCOc2ccc(Br)cc2)cc1. The van der Waals surface area contributed by atoms with Crippen molar-refractivity contribution in [3.63, 3.8) is 0 Å². The minimum atomic E-state index is -0.377. The summed E-state index contributed by atoms with van der Waals surface area (Å²) < 4.78 is 11.3. The fourth-order valence-corrected chi connectivity index (χ4v) is 2.57. The number of esters is 1. The van der Waals surface area contributed by atoms with Gasteiger partial charge in [0, 0.05) is 17.6 Å². The smallest absolute Gasteiger partial charge is 0.337 e. The first-order valence-electron chi connectivity index (χ1n) is 8.49. The normalized spacial score (nSPS) is 10.5. The van der Waals surface area contributed by atoms with Gasteiger partial charge in [0.05, 0.1) is 19.2 Å². The van der Waals surface area contributed by atoms with E-state index in [2.05, 4.69) is 26.0 Å². The number of ether oxygens (including phenoxy) is 2. The van der Waals surface area contributed by atoms with Gasteiger partial charge in [-0.15, -0.1) is 0 Å². The number of halogens is 1. The molecule has 2 aromatic rings. The summed E-state index contributed by atoms with van der Waals surface area (Å²) in [6, 6.07) is 14.6. The molecule has 0 fully saturated rings. The summed E-state index contributed by atoms with van der Waals surface area (Å²) in [7, 11) is 3.21. The van der Waals surface area contributed by atoms with Gasteiger partial charge in [-0.2, -0.15) is 0 Å². The second kappa shape index (κ2) is 10.7. The van der Waals surface area contributed by atoms with Crippen LogP contribution in [0.3, 0.4) is 0 Å². The summed E-state index contributed by atoms with van der Waals surface area (Å²) in [5.74, 6) is 0.349. The Balaban J connectivity index is 1.67. The van der Waals surface area contributed by atoms with Crippen molar-refractivity contribution >= 4 is 27.8 Å². The number of methoxy groups -OCH3 is 1. The molecule has 0 aliphatic carbocycles. The fourth-order valence-electron chi connectivity index (χ4n) is 2.31. The highest BCUT2D eigenvalue weighted by Gasteiger charge is 2.08. The van der Waals surface area contributed by atoms with Crippen LogP contribution in [0.25, 0.3) is 0 Å². The third-order valence-corrected chi connectivity index (χ3v) is 4.36. The maximum absolute atomic E-state index is 12.0. The topological polar surface area (TPSA) is 67.9 Å². The number of nitrogens with zero attached hydrogens (tertiary/aromatic N) is 1. The predicted molar refractivity (Wildman–Crippen MR) is 107 cm³/mol. The summed E-state index contributed by atoms with van der Waals surface area (Å²) in [5, 5.41) is 2.86. The molecule has 0 unspecified atom stereocenters. The van der Waals surface area contributed by atoms with Crippen LogP contribution in [0, 0.1) is 0 Å². The van der Waals surface area contributed by atoms with Gasteiger partial charge in [0.2, 0.25) is 5.91 Å². The van der Waals surface area contributed by atoms with E-state index in [4.69, 9.17) is 4.74 Å². The molecular formula is C20H23BrN2O4. The van der Waals surface area contributed by atoms with E-state index in [-0.39, 0.29) is 18.4 Å². The zero-order chi connectivity index (χ0) is 19.6. The zero-order valence-corrected chi connectivity index (χ0v) is 17.0.